The third-order valence-electron chi connectivity index (χ3n) is 2.64. The van der Waals surface area contributed by atoms with E-state index in [2.05, 4.69) is 15.6 Å². The second kappa shape index (κ2) is 7.10. The van der Waals surface area contributed by atoms with Crippen LogP contribution in [0, 0.1) is 4.77 Å². The van der Waals surface area contributed by atoms with E-state index < -0.39 is 0 Å². The molecule has 0 unspecified atom stereocenters. The van der Waals surface area contributed by atoms with Gasteiger partial charge in [0.25, 0.3) is 0 Å². The Morgan fingerprint density at radius 1 is 0.944 bits per heavy atom. The number of nitrogens with zero attached hydrogens (tertiary/aromatic N) is 1. The number of aromatic nitrogens is 2. The summed E-state index contributed by atoms with van der Waals surface area (Å²) in [6, 6.07) is 10.0. The van der Waals surface area contributed by atoms with Crippen molar-refractivity contribution in [1.82, 2.24) is 20.2 Å². The smallest absolute Gasteiger partial charge is 0.181 e. The lowest BCUT2D eigenvalue weighted by Crippen LogP contribution is -2.39. The molecule has 4 nitrogen and oxygen atoms in total. The van der Waals surface area contributed by atoms with Gasteiger partial charge in [0, 0.05) is 44.3 Å². The van der Waals surface area contributed by atoms with E-state index in [1.54, 1.807) is 0 Å². The largest absolute Gasteiger partial charge is 0.337 e. The number of imidazole rings is 1. The van der Waals surface area contributed by atoms with Crippen LogP contribution in [0.25, 0.3) is 5.69 Å². The number of para-hydroxylation sites is 1. The van der Waals surface area contributed by atoms with E-state index in [-0.39, 0.29) is 0 Å². The fourth-order valence-electron chi connectivity index (χ4n) is 1.72. The number of piperazine rings is 1. The molecule has 1 aliphatic rings. The van der Waals surface area contributed by atoms with E-state index in [4.69, 9.17) is 12.2 Å². The van der Waals surface area contributed by atoms with E-state index in [9.17, 15) is 0 Å². The van der Waals surface area contributed by atoms with Crippen LogP contribution in [0.4, 0.5) is 0 Å². The monoisotopic (exact) mass is 262 g/mol. The summed E-state index contributed by atoms with van der Waals surface area (Å²) in [5.74, 6) is 0. The number of hydrogen-bond donors (Lipinski definition) is 3. The summed E-state index contributed by atoms with van der Waals surface area (Å²) >= 11 is 5.07. The van der Waals surface area contributed by atoms with Gasteiger partial charge < -0.3 is 15.6 Å². The molecule has 1 aliphatic heterocycles. The van der Waals surface area contributed by atoms with Crippen LogP contribution >= 0.6 is 12.2 Å². The Bertz CT molecular complexity index is 487. The molecule has 1 aromatic heterocycles. The van der Waals surface area contributed by atoms with E-state index >= 15 is 0 Å². The molecule has 5 heteroatoms. The summed E-state index contributed by atoms with van der Waals surface area (Å²) in [5, 5.41) is 6.44. The Labute approximate surface area is 112 Å². The van der Waals surface area contributed by atoms with Crippen LogP contribution in [0.3, 0.4) is 0 Å². The predicted molar refractivity (Wildman–Crippen MR) is 76.7 cm³/mol. The van der Waals surface area contributed by atoms with Crippen LogP contribution in [0.15, 0.2) is 42.7 Å². The Hall–Kier alpha value is -1.43. The average molecular weight is 262 g/mol. The molecule has 0 amide bonds. The number of H-pyrrole nitrogens is 1. The molecule has 3 rings (SSSR count). The number of benzene rings is 1. The molecule has 2 aromatic rings. The summed E-state index contributed by atoms with van der Waals surface area (Å²) in [5.41, 5.74) is 1.09. The maximum Gasteiger partial charge on any atom is 0.181 e. The highest BCUT2D eigenvalue weighted by molar-refractivity contribution is 7.71. The fourth-order valence-corrected chi connectivity index (χ4v) is 1.95. The number of nitrogens with one attached hydrogen (secondary N) is 3. The van der Waals surface area contributed by atoms with Gasteiger partial charge in [-0.05, 0) is 24.4 Å². The normalized spacial score (nSPS) is 14.7. The Balaban J connectivity index is 0.000000169. The van der Waals surface area contributed by atoms with Crippen molar-refractivity contribution in [2.75, 3.05) is 26.2 Å². The van der Waals surface area contributed by atoms with E-state index in [1.165, 1.54) is 0 Å². The lowest BCUT2D eigenvalue weighted by atomic mass is 10.3. The number of rotatable bonds is 1. The summed E-state index contributed by atoms with van der Waals surface area (Å²) in [6.07, 6.45) is 3.74. The van der Waals surface area contributed by atoms with Crippen LogP contribution in [-0.2, 0) is 0 Å². The van der Waals surface area contributed by atoms with Gasteiger partial charge in [0.05, 0.1) is 0 Å². The Morgan fingerprint density at radius 2 is 1.56 bits per heavy atom. The summed E-state index contributed by atoms with van der Waals surface area (Å²) < 4.78 is 2.65. The van der Waals surface area contributed by atoms with Gasteiger partial charge in [-0.15, -0.1) is 0 Å². The zero-order valence-corrected chi connectivity index (χ0v) is 11.0. The molecule has 0 radical (unpaired) electrons. The highest BCUT2D eigenvalue weighted by Gasteiger charge is 1.93. The van der Waals surface area contributed by atoms with Crippen molar-refractivity contribution in [2.45, 2.75) is 0 Å². The highest BCUT2D eigenvalue weighted by atomic mass is 32.1. The number of hydrogen-bond acceptors (Lipinski definition) is 3. The predicted octanol–water partition coefficient (Wildman–Crippen LogP) is 1.71. The average Bonchev–Trinajstić information content (AvgIpc) is 2.89. The third-order valence-corrected chi connectivity index (χ3v) is 2.96. The van der Waals surface area contributed by atoms with Crippen LogP contribution in [-0.4, -0.2) is 35.7 Å². The molecular formula is C13H18N4S. The maximum absolute atomic E-state index is 5.07. The molecule has 0 bridgehead atoms. The maximum atomic E-state index is 5.07. The first-order valence-corrected chi connectivity index (χ1v) is 6.51. The SMILES string of the molecule is C1CNCCN1.S=c1[nH]ccn1-c1ccccc1. The first kappa shape index (κ1) is 13.0. The zero-order valence-electron chi connectivity index (χ0n) is 10.2. The highest BCUT2D eigenvalue weighted by Crippen LogP contribution is 2.06. The topological polar surface area (TPSA) is 44.8 Å². The molecule has 3 N–H and O–H groups in total. The van der Waals surface area contributed by atoms with Crippen molar-refractivity contribution >= 4 is 12.2 Å². The van der Waals surface area contributed by atoms with Crippen molar-refractivity contribution in [3.8, 4) is 5.69 Å². The Morgan fingerprint density at radius 3 is 2.00 bits per heavy atom. The first-order chi connectivity index (χ1) is 8.88. The van der Waals surface area contributed by atoms with Gasteiger partial charge in [-0.3, -0.25) is 4.57 Å². The standard InChI is InChI=1S/C9H8N2S.C4H10N2/c12-9-10-6-7-11(9)8-4-2-1-3-5-8;1-2-6-4-3-5-1/h1-7H,(H,10,12);5-6H,1-4H2. The van der Waals surface area contributed by atoms with Gasteiger partial charge in [0.15, 0.2) is 4.77 Å². The lowest BCUT2D eigenvalue weighted by molar-refractivity contribution is 0.534. The van der Waals surface area contributed by atoms with Crippen molar-refractivity contribution in [3.05, 3.63) is 47.5 Å². The summed E-state index contributed by atoms with van der Waals surface area (Å²) in [6.45, 7) is 4.56. The lowest BCUT2D eigenvalue weighted by Gasteiger charge is -2.11. The summed E-state index contributed by atoms with van der Waals surface area (Å²) in [4.78, 5) is 2.94. The molecule has 1 saturated heterocycles. The van der Waals surface area contributed by atoms with E-state index in [1.807, 2.05) is 47.3 Å². The second-order valence-corrected chi connectivity index (χ2v) is 4.36. The molecule has 0 saturated carbocycles. The molecule has 1 aromatic carbocycles. The van der Waals surface area contributed by atoms with E-state index in [0.717, 1.165) is 36.6 Å². The first-order valence-electron chi connectivity index (χ1n) is 6.11. The van der Waals surface area contributed by atoms with Crippen molar-refractivity contribution in [3.63, 3.8) is 0 Å². The second-order valence-electron chi connectivity index (χ2n) is 3.97. The van der Waals surface area contributed by atoms with Crippen molar-refractivity contribution in [1.29, 1.82) is 0 Å². The molecule has 96 valence electrons. The molecule has 0 aliphatic carbocycles. The van der Waals surface area contributed by atoms with Crippen molar-refractivity contribution < 1.29 is 0 Å². The molecule has 0 spiro atoms. The van der Waals surface area contributed by atoms with Gasteiger partial charge in [-0.1, -0.05) is 18.2 Å². The quantitative estimate of drug-likeness (QED) is 0.686. The van der Waals surface area contributed by atoms with Gasteiger partial charge in [0.1, 0.15) is 0 Å². The van der Waals surface area contributed by atoms with Gasteiger partial charge in [-0.2, -0.15) is 0 Å². The van der Waals surface area contributed by atoms with Gasteiger partial charge in [-0.25, -0.2) is 0 Å². The Kier molecular flexibility index (Phi) is 5.14. The minimum absolute atomic E-state index is 0.723. The molecular weight excluding hydrogens is 244 g/mol. The zero-order chi connectivity index (χ0) is 12.6. The minimum Gasteiger partial charge on any atom is -0.337 e. The number of aromatic amines is 1. The summed E-state index contributed by atoms with van der Waals surface area (Å²) in [7, 11) is 0. The third kappa shape index (κ3) is 3.80. The van der Waals surface area contributed by atoms with Crippen molar-refractivity contribution in [2.24, 2.45) is 0 Å². The van der Waals surface area contributed by atoms with Crippen LogP contribution in [0.2, 0.25) is 0 Å². The molecule has 0 atom stereocenters. The van der Waals surface area contributed by atoms with E-state index in [0.29, 0.717) is 0 Å². The minimum atomic E-state index is 0.723. The van der Waals surface area contributed by atoms with Crippen LogP contribution in [0.5, 0.6) is 0 Å². The molecule has 1 fully saturated rings. The fraction of sp³-hybridized carbons (Fsp3) is 0.308. The molecule has 18 heavy (non-hydrogen) atoms. The van der Waals surface area contributed by atoms with Gasteiger partial charge in [0.2, 0.25) is 0 Å². The van der Waals surface area contributed by atoms with Gasteiger partial charge >= 0.3 is 0 Å². The molecule has 2 heterocycles. The van der Waals surface area contributed by atoms with Crippen LogP contribution in [0.1, 0.15) is 0 Å². The van der Waals surface area contributed by atoms with Crippen LogP contribution < -0.4 is 10.6 Å².